The van der Waals surface area contributed by atoms with Gasteiger partial charge in [-0.3, -0.25) is 0 Å². The van der Waals surface area contributed by atoms with Crippen molar-refractivity contribution in [3.63, 3.8) is 0 Å². The Morgan fingerprint density at radius 1 is 0.556 bits per heavy atom. The molecule has 0 bridgehead atoms. The van der Waals surface area contributed by atoms with Gasteiger partial charge in [-0.05, 0) is 0 Å². The Balaban J connectivity index is 2.86. The fraction of sp³-hybridized carbons (Fsp3) is 1.00. The average Bonchev–Trinajstić information content (AvgIpc) is 2.39. The van der Waals surface area contributed by atoms with Gasteiger partial charge in [0, 0.05) is 0 Å². The second-order valence-electron chi connectivity index (χ2n) is 5.44. The molecule has 107 valence electrons. The third-order valence-electron chi connectivity index (χ3n) is 3.60. The van der Waals surface area contributed by atoms with Crippen molar-refractivity contribution in [2.24, 2.45) is 0 Å². The zero-order valence-electron chi connectivity index (χ0n) is 12.5. The van der Waals surface area contributed by atoms with E-state index in [2.05, 4.69) is 15.2 Å². The van der Waals surface area contributed by atoms with Crippen LogP contribution in [0.1, 0.15) is 96.8 Å². The standard InChI is InChI=1S/C16H34S.Pb/c1-2-3-4-5-6-7-8-9-10-11-12-13-14-15-16-17;/h17H,2-16H2,1H3;/q;+1/p-1. The van der Waals surface area contributed by atoms with Gasteiger partial charge in [-0.15, -0.1) is 0 Å². The van der Waals surface area contributed by atoms with E-state index >= 15 is 0 Å². The van der Waals surface area contributed by atoms with E-state index < -0.39 is 0 Å². The van der Waals surface area contributed by atoms with E-state index in [0.29, 0.717) is 0 Å². The minimum atomic E-state index is 1.33. The second kappa shape index (κ2) is 18.3. The van der Waals surface area contributed by atoms with E-state index in [9.17, 15) is 0 Å². The number of unbranched alkanes of at least 4 members (excludes halogenated alkanes) is 13. The molecule has 0 aliphatic rings. The molecular formula is C16H33PbS. The Bertz CT molecular complexity index is 123. The fourth-order valence-electron chi connectivity index (χ4n) is 2.37. The minimum absolute atomic E-state index is 1.33. The first-order valence-corrected chi connectivity index (χ1v) is 13.9. The van der Waals surface area contributed by atoms with Crippen LogP contribution in [0.2, 0.25) is 0 Å². The van der Waals surface area contributed by atoms with Crippen LogP contribution in [-0.2, 0) is 0 Å². The molecule has 0 aromatic carbocycles. The van der Waals surface area contributed by atoms with Gasteiger partial charge in [0.2, 0.25) is 0 Å². The summed E-state index contributed by atoms with van der Waals surface area (Å²) in [6, 6.07) is 0. The topological polar surface area (TPSA) is 0 Å². The Morgan fingerprint density at radius 2 is 0.889 bits per heavy atom. The molecule has 0 nitrogen and oxygen atoms in total. The maximum absolute atomic E-state index is 2.29. The molecule has 0 unspecified atom stereocenters. The summed E-state index contributed by atoms with van der Waals surface area (Å²) >= 11 is 1.33. The molecule has 0 aromatic rings. The molecule has 0 aromatic heterocycles. The van der Waals surface area contributed by atoms with Gasteiger partial charge in [-0.25, -0.2) is 0 Å². The van der Waals surface area contributed by atoms with Crippen molar-refractivity contribution in [3.05, 3.63) is 0 Å². The molecule has 3 radical (unpaired) electrons. The van der Waals surface area contributed by atoms with Crippen LogP contribution in [0.3, 0.4) is 0 Å². The normalized spacial score (nSPS) is 11.0. The second-order valence-corrected chi connectivity index (χ2v) is 9.51. The molecule has 0 spiro atoms. The van der Waals surface area contributed by atoms with Gasteiger partial charge in [0.25, 0.3) is 0 Å². The summed E-state index contributed by atoms with van der Waals surface area (Å²) in [5.74, 6) is 1.42. The van der Waals surface area contributed by atoms with Crippen molar-refractivity contribution in [3.8, 4) is 0 Å². The van der Waals surface area contributed by atoms with E-state index in [1.165, 1.54) is 120 Å². The third-order valence-corrected chi connectivity index (χ3v) is 6.47. The Labute approximate surface area is 134 Å². The van der Waals surface area contributed by atoms with Gasteiger partial charge in [-0.2, -0.15) is 0 Å². The van der Waals surface area contributed by atoms with E-state index in [0.717, 1.165) is 0 Å². The molecule has 0 aliphatic carbocycles. The number of rotatable bonds is 15. The molecule has 0 saturated carbocycles. The Hall–Kier alpha value is 1.27. The molecule has 0 amide bonds. The maximum atomic E-state index is 2.29. The predicted molar refractivity (Wildman–Crippen MR) is 88.5 cm³/mol. The molecule has 0 N–H and O–H groups in total. The molecule has 0 aliphatic heterocycles. The molecule has 0 atom stereocenters. The van der Waals surface area contributed by atoms with E-state index in [1.54, 1.807) is 0 Å². The SMILES string of the molecule is CCCCCCCCCCCCCCCC[S][Pb]. The van der Waals surface area contributed by atoms with Gasteiger partial charge in [0.05, 0.1) is 0 Å². The van der Waals surface area contributed by atoms with Crippen LogP contribution < -0.4 is 0 Å². The molecule has 0 fully saturated rings. The van der Waals surface area contributed by atoms with Gasteiger partial charge in [-0.1, -0.05) is 32.6 Å². The van der Waals surface area contributed by atoms with Crippen molar-refractivity contribution in [2.45, 2.75) is 96.8 Å². The first kappa shape index (κ1) is 19.3. The molecular weight excluding hydrogens is 431 g/mol. The molecule has 0 rings (SSSR count). The fourth-order valence-corrected chi connectivity index (χ4v) is 4.40. The van der Waals surface area contributed by atoms with Gasteiger partial charge >= 0.3 is 103 Å². The number of hydrogen-bond donors (Lipinski definition) is 0. The van der Waals surface area contributed by atoms with Crippen molar-refractivity contribution < 1.29 is 0 Å². The van der Waals surface area contributed by atoms with Crippen molar-refractivity contribution >= 4 is 32.6 Å². The first-order chi connectivity index (χ1) is 8.91. The summed E-state index contributed by atoms with van der Waals surface area (Å²) in [5, 5.41) is 0. The monoisotopic (exact) mass is 465 g/mol. The molecule has 18 heavy (non-hydrogen) atoms. The van der Waals surface area contributed by atoms with Crippen molar-refractivity contribution in [1.82, 2.24) is 0 Å². The molecule has 0 saturated heterocycles. The van der Waals surface area contributed by atoms with Crippen LogP contribution in [0.4, 0.5) is 0 Å². The van der Waals surface area contributed by atoms with Gasteiger partial charge in [0.15, 0.2) is 0 Å². The van der Waals surface area contributed by atoms with Gasteiger partial charge < -0.3 is 0 Å². The van der Waals surface area contributed by atoms with Crippen molar-refractivity contribution in [2.75, 3.05) is 5.75 Å². The Kier molecular flexibility index (Phi) is 19.6. The van der Waals surface area contributed by atoms with Crippen LogP contribution >= 0.6 is 8.31 Å². The van der Waals surface area contributed by atoms with E-state index in [-0.39, 0.29) is 0 Å². The summed E-state index contributed by atoms with van der Waals surface area (Å²) in [6.07, 6.45) is 20.6. The van der Waals surface area contributed by atoms with E-state index in [1.807, 2.05) is 0 Å². The van der Waals surface area contributed by atoms with Crippen molar-refractivity contribution in [1.29, 1.82) is 0 Å². The zero-order chi connectivity index (χ0) is 13.3. The number of hydrogen-bond acceptors (Lipinski definition) is 1. The van der Waals surface area contributed by atoms with Crippen LogP contribution in [0.25, 0.3) is 0 Å². The van der Waals surface area contributed by atoms with Gasteiger partial charge in [0.1, 0.15) is 0 Å². The summed E-state index contributed by atoms with van der Waals surface area (Å²) in [5.41, 5.74) is 0. The average molecular weight is 465 g/mol. The summed E-state index contributed by atoms with van der Waals surface area (Å²) in [4.78, 5) is 0. The molecule has 0 heterocycles. The van der Waals surface area contributed by atoms with Crippen LogP contribution in [0, 0.1) is 0 Å². The zero-order valence-corrected chi connectivity index (χ0v) is 17.2. The Morgan fingerprint density at radius 3 is 1.22 bits per heavy atom. The third kappa shape index (κ3) is 17.3. The van der Waals surface area contributed by atoms with E-state index in [4.69, 9.17) is 0 Å². The predicted octanol–water partition coefficient (Wildman–Crippen LogP) is 6.28. The summed E-state index contributed by atoms with van der Waals surface area (Å²) in [6.45, 7) is 2.29. The first-order valence-electron chi connectivity index (χ1n) is 8.20. The molecule has 2 heteroatoms. The van der Waals surface area contributed by atoms with Crippen LogP contribution in [0.15, 0.2) is 0 Å². The summed E-state index contributed by atoms with van der Waals surface area (Å²) < 4.78 is 0. The van der Waals surface area contributed by atoms with Crippen LogP contribution in [-0.4, -0.2) is 30.0 Å². The quantitative estimate of drug-likeness (QED) is 0.203. The summed E-state index contributed by atoms with van der Waals surface area (Å²) in [7, 11) is 2.12. The van der Waals surface area contributed by atoms with Crippen LogP contribution in [0.5, 0.6) is 0 Å².